The standard InChI is InChI=1S/C12H16N2O6S/c1-4(15)7-9(16)14-8(12(19)20)6(21-10(7)14)3-2-5(13)11(17)18/h4-5,7,10,15H,2-3,13H2,1H3,(H,17,18)(H,19,20)/t4-,5-,7+,10-/m1/s1. The lowest BCUT2D eigenvalue weighted by molar-refractivity contribution is -0.156. The molecule has 2 rings (SSSR count). The molecule has 0 aromatic rings. The topological polar surface area (TPSA) is 141 Å². The van der Waals surface area contributed by atoms with Crippen LogP contribution in [-0.2, 0) is 14.4 Å². The number of rotatable bonds is 6. The summed E-state index contributed by atoms with van der Waals surface area (Å²) < 4.78 is 0. The van der Waals surface area contributed by atoms with E-state index in [0.717, 1.165) is 4.90 Å². The molecule has 9 heteroatoms. The van der Waals surface area contributed by atoms with E-state index in [2.05, 4.69) is 0 Å². The summed E-state index contributed by atoms with van der Waals surface area (Å²) in [6.45, 7) is 1.49. The van der Waals surface area contributed by atoms with Gasteiger partial charge in [-0.25, -0.2) is 4.79 Å². The molecule has 0 aliphatic carbocycles. The van der Waals surface area contributed by atoms with E-state index >= 15 is 0 Å². The van der Waals surface area contributed by atoms with E-state index < -0.39 is 41.3 Å². The van der Waals surface area contributed by atoms with Gasteiger partial charge < -0.3 is 21.1 Å². The Morgan fingerprint density at radius 2 is 2.05 bits per heavy atom. The van der Waals surface area contributed by atoms with Crippen molar-refractivity contribution in [3.63, 3.8) is 0 Å². The SMILES string of the molecule is C[C@@H](O)[C@H]1C(=O)N2C(C(=O)O)=C(CC[C@@H](N)C(=O)O)S[C@H]12. The maximum Gasteiger partial charge on any atom is 0.353 e. The van der Waals surface area contributed by atoms with Crippen LogP contribution in [0, 0.1) is 5.92 Å². The van der Waals surface area contributed by atoms with Gasteiger partial charge in [0, 0.05) is 4.91 Å². The van der Waals surface area contributed by atoms with Crippen molar-refractivity contribution in [1.29, 1.82) is 0 Å². The van der Waals surface area contributed by atoms with Crippen molar-refractivity contribution in [3.05, 3.63) is 10.6 Å². The van der Waals surface area contributed by atoms with E-state index in [0.29, 0.717) is 4.91 Å². The van der Waals surface area contributed by atoms with Gasteiger partial charge in [-0.3, -0.25) is 14.5 Å². The number of carboxylic acids is 2. The van der Waals surface area contributed by atoms with Gasteiger partial charge in [-0.2, -0.15) is 0 Å². The zero-order valence-electron chi connectivity index (χ0n) is 11.2. The van der Waals surface area contributed by atoms with Crippen LogP contribution in [0.15, 0.2) is 10.6 Å². The maximum absolute atomic E-state index is 11.9. The molecule has 0 radical (unpaired) electrons. The Morgan fingerprint density at radius 1 is 1.43 bits per heavy atom. The molecule has 0 saturated carbocycles. The third-order valence-corrected chi connectivity index (χ3v) is 5.00. The van der Waals surface area contributed by atoms with Gasteiger partial charge in [-0.15, -0.1) is 11.8 Å². The summed E-state index contributed by atoms with van der Waals surface area (Å²) >= 11 is 1.19. The van der Waals surface area contributed by atoms with Crippen LogP contribution in [-0.4, -0.2) is 55.6 Å². The molecule has 0 aromatic carbocycles. The third-order valence-electron chi connectivity index (χ3n) is 3.57. The van der Waals surface area contributed by atoms with E-state index in [1.54, 1.807) is 0 Å². The molecule has 1 saturated heterocycles. The highest BCUT2D eigenvalue weighted by atomic mass is 32.2. The van der Waals surface area contributed by atoms with Crippen molar-refractivity contribution in [1.82, 2.24) is 4.90 Å². The maximum atomic E-state index is 11.9. The molecular weight excluding hydrogens is 300 g/mol. The molecule has 5 N–H and O–H groups in total. The first-order valence-electron chi connectivity index (χ1n) is 6.38. The largest absolute Gasteiger partial charge is 0.480 e. The minimum absolute atomic E-state index is 0.0859. The monoisotopic (exact) mass is 316 g/mol. The first kappa shape index (κ1) is 15.8. The molecule has 0 bridgehead atoms. The summed E-state index contributed by atoms with van der Waals surface area (Å²) in [6.07, 6.45) is -0.600. The minimum atomic E-state index is -1.23. The normalized spacial score (nSPS) is 27.2. The van der Waals surface area contributed by atoms with Crippen LogP contribution >= 0.6 is 11.8 Å². The number of nitrogens with zero attached hydrogens (tertiary/aromatic N) is 1. The molecule has 116 valence electrons. The molecule has 0 aromatic heterocycles. The van der Waals surface area contributed by atoms with E-state index in [9.17, 15) is 24.6 Å². The fraction of sp³-hybridized carbons (Fsp3) is 0.583. The van der Waals surface area contributed by atoms with Crippen molar-refractivity contribution in [3.8, 4) is 0 Å². The predicted octanol–water partition coefficient (Wildman–Crippen LogP) is -0.613. The number of amides is 1. The molecule has 8 nitrogen and oxygen atoms in total. The van der Waals surface area contributed by atoms with Crippen LogP contribution in [0.1, 0.15) is 19.8 Å². The Bertz CT molecular complexity index is 532. The van der Waals surface area contributed by atoms with Gasteiger partial charge in [0.15, 0.2) is 0 Å². The predicted molar refractivity (Wildman–Crippen MR) is 72.9 cm³/mol. The number of aliphatic carboxylic acids is 2. The highest BCUT2D eigenvalue weighted by Crippen LogP contribution is 2.51. The average molecular weight is 316 g/mol. The number of fused-ring (bicyclic) bond motifs is 1. The first-order chi connectivity index (χ1) is 9.75. The van der Waals surface area contributed by atoms with Crippen molar-refractivity contribution in [2.45, 2.75) is 37.3 Å². The Labute approximate surface area is 124 Å². The number of allylic oxidation sites excluding steroid dienone is 1. The second-order valence-corrected chi connectivity index (χ2v) is 6.25. The van der Waals surface area contributed by atoms with Gasteiger partial charge in [-0.1, -0.05) is 0 Å². The molecule has 2 aliphatic heterocycles. The number of carbonyl (C=O) groups is 3. The number of aliphatic hydroxyl groups is 1. The molecular formula is C12H16N2O6S. The van der Waals surface area contributed by atoms with Gasteiger partial charge in [0.05, 0.1) is 12.0 Å². The van der Waals surface area contributed by atoms with Crippen molar-refractivity contribution < 1.29 is 29.7 Å². The number of aliphatic hydroxyl groups excluding tert-OH is 1. The summed E-state index contributed by atoms with van der Waals surface area (Å²) in [5, 5.41) is 27.1. The van der Waals surface area contributed by atoms with Crippen LogP contribution in [0.3, 0.4) is 0 Å². The Kier molecular flexibility index (Phi) is 4.26. The van der Waals surface area contributed by atoms with Crippen LogP contribution in [0.25, 0.3) is 0 Å². The lowest BCUT2D eigenvalue weighted by Crippen LogP contribution is -2.60. The fourth-order valence-corrected chi connectivity index (χ4v) is 4.07. The number of carbonyl (C=O) groups excluding carboxylic acids is 1. The van der Waals surface area contributed by atoms with Crippen LogP contribution in [0.2, 0.25) is 0 Å². The van der Waals surface area contributed by atoms with E-state index in [1.807, 2.05) is 0 Å². The highest BCUT2D eigenvalue weighted by Gasteiger charge is 2.57. The molecule has 2 heterocycles. The number of β-lactam (4-membered cyclic amide) rings is 1. The van der Waals surface area contributed by atoms with Gasteiger partial charge >= 0.3 is 11.9 Å². The van der Waals surface area contributed by atoms with Crippen LogP contribution in [0.4, 0.5) is 0 Å². The fourth-order valence-electron chi connectivity index (χ4n) is 2.44. The van der Waals surface area contributed by atoms with Gasteiger partial charge in [0.2, 0.25) is 5.91 Å². The summed E-state index contributed by atoms with van der Waals surface area (Å²) in [5.74, 6) is -3.44. The van der Waals surface area contributed by atoms with E-state index in [1.165, 1.54) is 18.7 Å². The van der Waals surface area contributed by atoms with Gasteiger partial charge in [-0.05, 0) is 19.8 Å². The zero-order valence-corrected chi connectivity index (χ0v) is 12.0. The molecule has 21 heavy (non-hydrogen) atoms. The molecule has 4 atom stereocenters. The van der Waals surface area contributed by atoms with Crippen molar-refractivity contribution in [2.24, 2.45) is 11.7 Å². The summed E-state index contributed by atoms with van der Waals surface area (Å²) in [6, 6.07) is -1.08. The smallest absolute Gasteiger partial charge is 0.353 e. The number of hydrogen-bond donors (Lipinski definition) is 4. The number of hydrogen-bond acceptors (Lipinski definition) is 6. The quantitative estimate of drug-likeness (QED) is 0.475. The lowest BCUT2D eigenvalue weighted by atomic mass is 9.92. The Morgan fingerprint density at radius 3 is 2.52 bits per heavy atom. The summed E-state index contributed by atoms with van der Waals surface area (Å²) in [5.41, 5.74) is 5.28. The molecule has 1 fully saturated rings. The first-order valence-corrected chi connectivity index (χ1v) is 7.26. The van der Waals surface area contributed by atoms with Gasteiger partial charge in [0.1, 0.15) is 17.1 Å². The van der Waals surface area contributed by atoms with E-state index in [4.69, 9.17) is 10.8 Å². The zero-order chi connectivity index (χ0) is 15.9. The third kappa shape index (κ3) is 2.63. The van der Waals surface area contributed by atoms with Crippen molar-refractivity contribution in [2.75, 3.05) is 0 Å². The molecule has 1 amide bonds. The molecule has 2 aliphatic rings. The van der Waals surface area contributed by atoms with Crippen molar-refractivity contribution >= 4 is 29.6 Å². The molecule has 0 unspecified atom stereocenters. The highest BCUT2D eigenvalue weighted by molar-refractivity contribution is 8.04. The molecule has 0 spiro atoms. The van der Waals surface area contributed by atoms with E-state index in [-0.39, 0.29) is 18.5 Å². The Hall–Kier alpha value is -1.58. The lowest BCUT2D eigenvalue weighted by Gasteiger charge is -2.43. The number of nitrogens with two attached hydrogens (primary N) is 1. The minimum Gasteiger partial charge on any atom is -0.480 e. The average Bonchev–Trinajstić information content (AvgIpc) is 2.69. The van der Waals surface area contributed by atoms with Gasteiger partial charge in [0.25, 0.3) is 0 Å². The second kappa shape index (κ2) is 5.66. The summed E-state index contributed by atoms with van der Waals surface area (Å²) in [4.78, 5) is 35.5. The number of thioether (sulfide) groups is 1. The number of carboxylic acid groups (broad SMARTS) is 2. The second-order valence-electron chi connectivity index (χ2n) is 5.04. The van der Waals surface area contributed by atoms with Crippen LogP contribution < -0.4 is 5.73 Å². The van der Waals surface area contributed by atoms with Crippen LogP contribution in [0.5, 0.6) is 0 Å². The Balaban J connectivity index is 2.15. The summed E-state index contributed by atoms with van der Waals surface area (Å²) in [7, 11) is 0.